The van der Waals surface area contributed by atoms with Gasteiger partial charge in [0, 0.05) is 4.90 Å². The van der Waals surface area contributed by atoms with Gasteiger partial charge >= 0.3 is 0 Å². The molecular formula is C11H14OS. The van der Waals surface area contributed by atoms with Crippen LogP contribution >= 0.6 is 11.8 Å². The molecule has 0 bridgehead atoms. The maximum absolute atomic E-state index is 8.61. The number of aliphatic hydroxyl groups excluding tert-OH is 1. The second-order valence-electron chi connectivity index (χ2n) is 2.59. The summed E-state index contributed by atoms with van der Waals surface area (Å²) < 4.78 is 0. The largest absolute Gasteiger partial charge is 0.392 e. The first-order chi connectivity index (χ1) is 6.36. The molecule has 0 amide bonds. The van der Waals surface area contributed by atoms with E-state index >= 15 is 0 Å². The van der Waals surface area contributed by atoms with E-state index in [0.717, 1.165) is 11.3 Å². The van der Waals surface area contributed by atoms with Gasteiger partial charge in [0.1, 0.15) is 0 Å². The lowest BCUT2D eigenvalue weighted by atomic mass is 10.2. The standard InChI is InChI=1S/C11H14OS/c1-2-13-11-7-3-5-10(9-11)6-4-8-12/h3-7,9,12H,2,8H2,1H3. The van der Waals surface area contributed by atoms with E-state index in [1.807, 2.05) is 30.0 Å². The van der Waals surface area contributed by atoms with Gasteiger partial charge in [-0.25, -0.2) is 0 Å². The van der Waals surface area contributed by atoms with Crippen LogP contribution in [0.4, 0.5) is 0 Å². The number of benzene rings is 1. The van der Waals surface area contributed by atoms with Crippen molar-refractivity contribution in [3.63, 3.8) is 0 Å². The lowest BCUT2D eigenvalue weighted by Gasteiger charge is -1.99. The minimum absolute atomic E-state index is 0.102. The average molecular weight is 194 g/mol. The van der Waals surface area contributed by atoms with E-state index in [9.17, 15) is 0 Å². The molecule has 1 aromatic rings. The first kappa shape index (κ1) is 10.4. The van der Waals surface area contributed by atoms with E-state index in [1.165, 1.54) is 4.90 Å². The van der Waals surface area contributed by atoms with Gasteiger partial charge in [-0.1, -0.05) is 31.2 Å². The molecule has 0 saturated carbocycles. The molecule has 0 aliphatic carbocycles. The van der Waals surface area contributed by atoms with Crippen LogP contribution in [-0.2, 0) is 0 Å². The van der Waals surface area contributed by atoms with E-state index in [2.05, 4.69) is 19.1 Å². The van der Waals surface area contributed by atoms with Crippen molar-refractivity contribution in [3.8, 4) is 0 Å². The SMILES string of the molecule is CCSc1cccc(C=CCO)c1. The number of rotatable bonds is 4. The lowest BCUT2D eigenvalue weighted by molar-refractivity contribution is 0.343. The fourth-order valence-electron chi connectivity index (χ4n) is 1.06. The fraction of sp³-hybridized carbons (Fsp3) is 0.273. The van der Waals surface area contributed by atoms with Crippen molar-refractivity contribution in [2.45, 2.75) is 11.8 Å². The van der Waals surface area contributed by atoms with Gasteiger partial charge in [-0.2, -0.15) is 0 Å². The van der Waals surface area contributed by atoms with Crippen LogP contribution in [0.2, 0.25) is 0 Å². The summed E-state index contributed by atoms with van der Waals surface area (Å²) in [6.45, 7) is 2.24. The number of hydrogen-bond donors (Lipinski definition) is 1. The Morgan fingerprint density at radius 3 is 3.00 bits per heavy atom. The number of aliphatic hydroxyl groups is 1. The van der Waals surface area contributed by atoms with Crippen LogP contribution in [0.25, 0.3) is 6.08 Å². The molecule has 0 aliphatic rings. The molecule has 0 aromatic heterocycles. The first-order valence-electron chi connectivity index (χ1n) is 4.37. The van der Waals surface area contributed by atoms with E-state index in [4.69, 9.17) is 5.11 Å². The van der Waals surface area contributed by atoms with Crippen LogP contribution < -0.4 is 0 Å². The second-order valence-corrected chi connectivity index (χ2v) is 3.93. The maximum Gasteiger partial charge on any atom is 0.0615 e. The third-order valence-electron chi connectivity index (χ3n) is 1.58. The number of hydrogen-bond acceptors (Lipinski definition) is 2. The molecule has 1 nitrogen and oxygen atoms in total. The van der Waals surface area contributed by atoms with Crippen molar-refractivity contribution in [2.24, 2.45) is 0 Å². The molecule has 70 valence electrons. The molecule has 0 radical (unpaired) electrons. The van der Waals surface area contributed by atoms with Gasteiger partial charge in [-0.3, -0.25) is 0 Å². The lowest BCUT2D eigenvalue weighted by Crippen LogP contribution is -1.77. The van der Waals surface area contributed by atoms with Crippen LogP contribution in [0, 0.1) is 0 Å². The highest BCUT2D eigenvalue weighted by molar-refractivity contribution is 7.99. The average Bonchev–Trinajstić information content (AvgIpc) is 2.16. The van der Waals surface area contributed by atoms with Crippen LogP contribution in [0.3, 0.4) is 0 Å². The highest BCUT2D eigenvalue weighted by Crippen LogP contribution is 2.18. The van der Waals surface area contributed by atoms with Crippen LogP contribution in [0.15, 0.2) is 35.2 Å². The zero-order valence-corrected chi connectivity index (χ0v) is 8.55. The fourth-order valence-corrected chi connectivity index (χ4v) is 1.79. The van der Waals surface area contributed by atoms with Gasteiger partial charge in [0.05, 0.1) is 6.61 Å². The molecule has 13 heavy (non-hydrogen) atoms. The van der Waals surface area contributed by atoms with Crippen molar-refractivity contribution >= 4 is 17.8 Å². The molecule has 0 atom stereocenters. The van der Waals surface area contributed by atoms with Gasteiger partial charge in [-0.15, -0.1) is 11.8 Å². The topological polar surface area (TPSA) is 20.2 Å². The summed E-state index contributed by atoms with van der Waals surface area (Å²) in [5, 5.41) is 8.61. The monoisotopic (exact) mass is 194 g/mol. The Morgan fingerprint density at radius 1 is 1.46 bits per heavy atom. The molecule has 0 fully saturated rings. The van der Waals surface area contributed by atoms with Crippen LogP contribution in [0.5, 0.6) is 0 Å². The Kier molecular flexibility index (Phi) is 4.65. The molecule has 0 aliphatic heterocycles. The van der Waals surface area contributed by atoms with Gasteiger partial charge in [0.15, 0.2) is 0 Å². The van der Waals surface area contributed by atoms with E-state index < -0.39 is 0 Å². The Bertz CT molecular complexity index is 281. The summed E-state index contributed by atoms with van der Waals surface area (Å²) in [5.41, 5.74) is 1.15. The highest BCUT2D eigenvalue weighted by Gasteiger charge is 1.91. The summed E-state index contributed by atoms with van der Waals surface area (Å²) >= 11 is 1.83. The van der Waals surface area contributed by atoms with Gasteiger partial charge in [-0.05, 0) is 23.4 Å². The summed E-state index contributed by atoms with van der Waals surface area (Å²) in [5.74, 6) is 1.09. The smallest absolute Gasteiger partial charge is 0.0615 e. The van der Waals surface area contributed by atoms with Crippen LogP contribution in [-0.4, -0.2) is 17.5 Å². The zero-order valence-electron chi connectivity index (χ0n) is 7.73. The van der Waals surface area contributed by atoms with Crippen molar-refractivity contribution in [1.29, 1.82) is 0 Å². The molecule has 0 spiro atoms. The summed E-state index contributed by atoms with van der Waals surface area (Å²) in [6, 6.07) is 8.30. The normalized spacial score (nSPS) is 10.9. The number of thioether (sulfide) groups is 1. The Labute approximate surface area is 83.5 Å². The molecule has 1 aromatic carbocycles. The molecule has 1 N–H and O–H groups in total. The van der Waals surface area contributed by atoms with Crippen molar-refractivity contribution in [3.05, 3.63) is 35.9 Å². The predicted molar refractivity (Wildman–Crippen MR) is 59.0 cm³/mol. The first-order valence-corrected chi connectivity index (χ1v) is 5.35. The summed E-state index contributed by atoms with van der Waals surface area (Å²) in [4.78, 5) is 1.28. The third-order valence-corrected chi connectivity index (χ3v) is 2.46. The Balaban J connectivity index is 2.73. The third kappa shape index (κ3) is 3.66. The molecule has 2 heteroatoms. The predicted octanol–water partition coefficient (Wildman–Crippen LogP) is 2.80. The molecule has 1 rings (SSSR count). The van der Waals surface area contributed by atoms with E-state index in [1.54, 1.807) is 6.08 Å². The van der Waals surface area contributed by atoms with Gasteiger partial charge in [0.25, 0.3) is 0 Å². The van der Waals surface area contributed by atoms with Crippen molar-refractivity contribution in [1.82, 2.24) is 0 Å². The minimum atomic E-state index is 0.102. The van der Waals surface area contributed by atoms with E-state index in [-0.39, 0.29) is 6.61 Å². The van der Waals surface area contributed by atoms with E-state index in [0.29, 0.717) is 0 Å². The summed E-state index contributed by atoms with van der Waals surface area (Å²) in [6.07, 6.45) is 3.68. The molecular weight excluding hydrogens is 180 g/mol. The van der Waals surface area contributed by atoms with Gasteiger partial charge < -0.3 is 5.11 Å². The summed E-state index contributed by atoms with van der Waals surface area (Å²) in [7, 11) is 0. The maximum atomic E-state index is 8.61. The Morgan fingerprint density at radius 2 is 2.31 bits per heavy atom. The second kappa shape index (κ2) is 5.84. The molecule has 0 heterocycles. The van der Waals surface area contributed by atoms with Crippen LogP contribution in [0.1, 0.15) is 12.5 Å². The van der Waals surface area contributed by atoms with Gasteiger partial charge in [0.2, 0.25) is 0 Å². The molecule has 0 unspecified atom stereocenters. The minimum Gasteiger partial charge on any atom is -0.392 e. The highest BCUT2D eigenvalue weighted by atomic mass is 32.2. The van der Waals surface area contributed by atoms with Crippen molar-refractivity contribution in [2.75, 3.05) is 12.4 Å². The molecule has 0 saturated heterocycles. The zero-order chi connectivity index (χ0) is 9.52. The quantitative estimate of drug-likeness (QED) is 0.744. The van der Waals surface area contributed by atoms with Crippen molar-refractivity contribution < 1.29 is 5.11 Å². The Hall–Kier alpha value is -0.730.